The molecule has 0 unspecified atom stereocenters. The number of benzene rings is 1. The molecular weight excluding hydrogens is 299 g/mol. The third-order valence-electron chi connectivity index (χ3n) is 3.36. The van der Waals surface area contributed by atoms with E-state index in [9.17, 15) is 9.90 Å². The molecule has 0 aliphatic carbocycles. The van der Waals surface area contributed by atoms with Crippen LogP contribution in [-0.2, 0) is 4.79 Å². The zero-order valence-corrected chi connectivity index (χ0v) is 12.8. The Morgan fingerprint density at radius 1 is 1.30 bits per heavy atom. The van der Waals surface area contributed by atoms with Crippen molar-refractivity contribution in [2.24, 2.45) is 0 Å². The molecule has 4 nitrogen and oxygen atoms in total. The summed E-state index contributed by atoms with van der Waals surface area (Å²) >= 11 is 11.9. The minimum atomic E-state index is -0.867. The van der Waals surface area contributed by atoms with Gasteiger partial charge < -0.3 is 10.5 Å². The van der Waals surface area contributed by atoms with Gasteiger partial charge in [-0.1, -0.05) is 23.2 Å². The molecule has 2 N–H and O–H groups in total. The lowest BCUT2D eigenvalue weighted by atomic mass is 9.96. The summed E-state index contributed by atoms with van der Waals surface area (Å²) in [6, 6.07) is 4.84. The number of aliphatic hydroxyl groups excluding tert-OH is 1. The van der Waals surface area contributed by atoms with Crippen LogP contribution in [0.2, 0.25) is 10.0 Å². The maximum Gasteiger partial charge on any atom is 0.264 e. The summed E-state index contributed by atoms with van der Waals surface area (Å²) in [5, 5.41) is 18.5. The Bertz CT molecular complexity index is 647. The lowest BCUT2D eigenvalue weighted by Crippen LogP contribution is -2.44. The molecule has 1 saturated heterocycles. The fourth-order valence-electron chi connectivity index (χ4n) is 2.29. The lowest BCUT2D eigenvalue weighted by molar-refractivity contribution is -0.114. The van der Waals surface area contributed by atoms with Crippen LogP contribution >= 0.6 is 23.2 Å². The van der Waals surface area contributed by atoms with Crippen molar-refractivity contribution >= 4 is 40.5 Å². The van der Waals surface area contributed by atoms with E-state index < -0.39 is 11.4 Å². The third kappa shape index (κ3) is 2.09. The molecule has 1 amide bonds. The third-order valence-corrected chi connectivity index (χ3v) is 4.10. The fraction of sp³-hybridized carbons (Fsp3) is 0.286. The highest BCUT2D eigenvalue weighted by Crippen LogP contribution is 2.38. The van der Waals surface area contributed by atoms with Crippen LogP contribution in [0.15, 0.2) is 29.5 Å². The zero-order valence-electron chi connectivity index (χ0n) is 11.3. The molecule has 1 fully saturated rings. The first-order valence-electron chi connectivity index (χ1n) is 5.96. The number of nitrogens with zero attached hydrogens (tertiary/aromatic N) is 1. The Morgan fingerprint density at radius 2 is 1.90 bits per heavy atom. The molecule has 1 aliphatic heterocycles. The first-order valence-corrected chi connectivity index (χ1v) is 6.72. The van der Waals surface area contributed by atoms with Crippen LogP contribution in [-0.4, -0.2) is 22.3 Å². The van der Waals surface area contributed by atoms with Gasteiger partial charge in [-0.25, -0.2) is 0 Å². The Labute approximate surface area is 127 Å². The molecule has 20 heavy (non-hydrogen) atoms. The number of allylic oxidation sites excluding steroid dienone is 1. The van der Waals surface area contributed by atoms with E-state index in [-0.39, 0.29) is 17.0 Å². The predicted octanol–water partition coefficient (Wildman–Crippen LogP) is 3.97. The number of anilines is 1. The van der Waals surface area contributed by atoms with Crippen LogP contribution in [0.3, 0.4) is 0 Å². The molecule has 106 valence electrons. The molecule has 1 aliphatic rings. The highest BCUT2D eigenvalue weighted by Gasteiger charge is 2.48. The summed E-state index contributed by atoms with van der Waals surface area (Å²) in [7, 11) is 0. The van der Waals surface area contributed by atoms with Crippen molar-refractivity contribution in [3.8, 4) is 0 Å². The summed E-state index contributed by atoms with van der Waals surface area (Å²) in [6.07, 6.45) is 0. The van der Waals surface area contributed by atoms with Crippen LogP contribution in [0.4, 0.5) is 5.69 Å². The summed E-state index contributed by atoms with van der Waals surface area (Å²) in [6.45, 7) is 4.88. The molecule has 0 spiro atoms. The molecule has 0 aromatic heterocycles. The molecule has 0 saturated carbocycles. The van der Waals surface area contributed by atoms with Gasteiger partial charge >= 0.3 is 0 Å². The van der Waals surface area contributed by atoms with Gasteiger partial charge in [-0.05, 0) is 39.0 Å². The van der Waals surface area contributed by atoms with Crippen molar-refractivity contribution in [2.75, 3.05) is 4.90 Å². The van der Waals surface area contributed by atoms with Crippen molar-refractivity contribution in [3.63, 3.8) is 0 Å². The number of carbonyl (C=O) groups is 1. The Balaban J connectivity index is 2.62. The van der Waals surface area contributed by atoms with E-state index >= 15 is 0 Å². The second-order valence-electron chi connectivity index (χ2n) is 5.13. The van der Waals surface area contributed by atoms with Gasteiger partial charge in [0.25, 0.3) is 5.91 Å². The van der Waals surface area contributed by atoms with Gasteiger partial charge in [0.15, 0.2) is 0 Å². The fourth-order valence-corrected chi connectivity index (χ4v) is 2.58. The van der Waals surface area contributed by atoms with Crippen molar-refractivity contribution in [1.29, 1.82) is 5.41 Å². The summed E-state index contributed by atoms with van der Waals surface area (Å²) in [5.74, 6) is -0.575. The van der Waals surface area contributed by atoms with Crippen LogP contribution in [0.5, 0.6) is 0 Å². The number of aliphatic hydroxyl groups is 1. The monoisotopic (exact) mass is 312 g/mol. The molecule has 6 heteroatoms. The highest BCUT2D eigenvalue weighted by molar-refractivity contribution is 6.42. The minimum absolute atomic E-state index is 0.0288. The molecule has 1 aromatic carbocycles. The van der Waals surface area contributed by atoms with Crippen LogP contribution in [0.25, 0.3) is 0 Å². The van der Waals surface area contributed by atoms with Crippen LogP contribution in [0.1, 0.15) is 20.8 Å². The van der Waals surface area contributed by atoms with E-state index in [2.05, 4.69) is 0 Å². The SMILES string of the molecule is C/C(O)=C1\C(=N)C(C)(C)N(c2ccc(Cl)c(Cl)c2)C1=O. The molecule has 0 atom stereocenters. The summed E-state index contributed by atoms with van der Waals surface area (Å²) in [4.78, 5) is 13.9. The number of hydrogen-bond donors (Lipinski definition) is 2. The first-order chi connectivity index (χ1) is 9.17. The molecule has 0 radical (unpaired) electrons. The van der Waals surface area contributed by atoms with E-state index in [4.69, 9.17) is 28.6 Å². The molecule has 1 aromatic rings. The second kappa shape index (κ2) is 4.79. The largest absolute Gasteiger partial charge is 0.512 e. The summed E-state index contributed by atoms with van der Waals surface area (Å²) in [5.41, 5.74) is -0.224. The number of halogens is 2. The van der Waals surface area contributed by atoms with Crippen LogP contribution < -0.4 is 4.90 Å². The second-order valence-corrected chi connectivity index (χ2v) is 5.95. The van der Waals surface area contributed by atoms with Gasteiger partial charge in [-0.15, -0.1) is 0 Å². The first kappa shape index (κ1) is 14.9. The summed E-state index contributed by atoms with van der Waals surface area (Å²) < 4.78 is 0. The van der Waals surface area contributed by atoms with Gasteiger partial charge in [0.1, 0.15) is 11.3 Å². The number of nitrogens with one attached hydrogen (secondary N) is 1. The average molecular weight is 313 g/mol. The molecular formula is C14H14Cl2N2O2. The highest BCUT2D eigenvalue weighted by atomic mass is 35.5. The average Bonchev–Trinajstić information content (AvgIpc) is 2.50. The maximum absolute atomic E-state index is 12.5. The molecule has 2 rings (SSSR count). The lowest BCUT2D eigenvalue weighted by Gasteiger charge is -2.31. The van der Waals surface area contributed by atoms with E-state index in [0.29, 0.717) is 15.7 Å². The maximum atomic E-state index is 12.5. The number of carbonyl (C=O) groups excluding carboxylic acids is 1. The van der Waals surface area contributed by atoms with Crippen LogP contribution in [0, 0.1) is 5.41 Å². The molecule has 0 bridgehead atoms. The predicted molar refractivity (Wildman–Crippen MR) is 81.1 cm³/mol. The van der Waals surface area contributed by atoms with Crippen molar-refractivity contribution in [1.82, 2.24) is 0 Å². The van der Waals surface area contributed by atoms with E-state index in [1.165, 1.54) is 11.8 Å². The van der Waals surface area contributed by atoms with Gasteiger partial charge in [0, 0.05) is 5.69 Å². The van der Waals surface area contributed by atoms with E-state index in [1.54, 1.807) is 32.0 Å². The zero-order chi connectivity index (χ0) is 15.2. The number of rotatable bonds is 1. The van der Waals surface area contributed by atoms with Gasteiger partial charge in [-0.2, -0.15) is 0 Å². The number of amides is 1. The normalized spacial score (nSPS) is 20.6. The van der Waals surface area contributed by atoms with Gasteiger partial charge in [0.2, 0.25) is 0 Å². The Hall–Kier alpha value is -1.52. The molecule has 1 heterocycles. The van der Waals surface area contributed by atoms with Crippen molar-refractivity contribution in [2.45, 2.75) is 26.3 Å². The Morgan fingerprint density at radius 3 is 2.35 bits per heavy atom. The standard InChI is InChI=1S/C14H14Cl2N2O2/c1-7(19)11-12(17)14(2,3)18(13(11)20)8-4-5-9(15)10(16)6-8/h4-6,17,19H,1-3H3/b11-7-,17-12?. The quantitative estimate of drug-likeness (QED) is 0.608. The smallest absolute Gasteiger partial charge is 0.264 e. The topological polar surface area (TPSA) is 64.4 Å². The minimum Gasteiger partial charge on any atom is -0.512 e. The van der Waals surface area contributed by atoms with E-state index in [1.807, 2.05) is 0 Å². The van der Waals surface area contributed by atoms with Gasteiger partial charge in [-0.3, -0.25) is 9.69 Å². The Kier molecular flexibility index (Phi) is 3.56. The van der Waals surface area contributed by atoms with Crippen molar-refractivity contribution in [3.05, 3.63) is 39.6 Å². The number of hydrogen-bond acceptors (Lipinski definition) is 3. The van der Waals surface area contributed by atoms with Crippen molar-refractivity contribution < 1.29 is 9.90 Å². The van der Waals surface area contributed by atoms with E-state index in [0.717, 1.165) is 0 Å². The van der Waals surface area contributed by atoms with Gasteiger partial charge in [0.05, 0.1) is 21.3 Å².